The van der Waals surface area contributed by atoms with Crippen molar-refractivity contribution in [2.75, 3.05) is 53.1 Å². The Balaban J connectivity index is 0.000000543. The molecule has 2 aliphatic heterocycles. The molecule has 5 rings (SSSR count). The molecule has 0 saturated carbocycles. The molecule has 0 aliphatic carbocycles. The normalized spacial score (nSPS) is 16.8. The van der Waals surface area contributed by atoms with Crippen molar-refractivity contribution in [3.8, 4) is 5.75 Å². The van der Waals surface area contributed by atoms with Crippen molar-refractivity contribution >= 4 is 22.5 Å². The number of nitrogens with zero attached hydrogens (tertiary/aromatic N) is 2. The molecule has 39 heavy (non-hydrogen) atoms. The molecule has 1 radical (unpaired) electrons. The second-order valence-electron chi connectivity index (χ2n) is 9.97. The quantitative estimate of drug-likeness (QED) is 0.128. The predicted octanol–water partition coefficient (Wildman–Crippen LogP) is 7.00. The van der Waals surface area contributed by atoms with Crippen LogP contribution < -0.4 is 4.74 Å². The van der Waals surface area contributed by atoms with Crippen LogP contribution in [0.4, 0.5) is 0 Å². The molecule has 7 nitrogen and oxygen atoms in total. The van der Waals surface area contributed by atoms with Crippen LogP contribution in [0, 0.1) is 0 Å². The zero-order chi connectivity index (χ0) is 26.6. The molecule has 3 aromatic rings. The molecular formula is C30H41ClN3O4Y-. The number of halogens is 1. The van der Waals surface area contributed by atoms with E-state index in [2.05, 4.69) is 55.9 Å². The fourth-order valence-electron chi connectivity index (χ4n) is 5.27. The summed E-state index contributed by atoms with van der Waals surface area (Å²) in [5.41, 5.74) is 4.91. The van der Waals surface area contributed by atoms with Crippen molar-refractivity contribution in [2.45, 2.75) is 51.0 Å². The molecule has 2 aliphatic rings. The maximum absolute atomic E-state index is 7.62. The van der Waals surface area contributed by atoms with Gasteiger partial charge in [-0.25, -0.2) is 4.89 Å². The smallest absolute Gasteiger partial charge is 0.119 e. The Bertz CT molecular complexity index is 1100. The molecule has 1 unspecified atom stereocenters. The average Bonchev–Trinajstić information content (AvgIpc) is 3.60. The van der Waals surface area contributed by atoms with Gasteiger partial charge in [0.25, 0.3) is 0 Å². The number of H-pyrrole nitrogens is 1. The molecule has 1 aromatic heterocycles. The van der Waals surface area contributed by atoms with E-state index in [1.165, 1.54) is 73.9 Å². The van der Waals surface area contributed by atoms with Crippen molar-refractivity contribution in [1.29, 1.82) is 0 Å². The average molecular weight is 632 g/mol. The molecule has 1 saturated heterocycles. The number of unbranched alkanes of at least 4 members (excludes halogenated alkanes) is 3. The Morgan fingerprint density at radius 1 is 1.00 bits per heavy atom. The van der Waals surface area contributed by atoms with Crippen LogP contribution in [0.15, 0.2) is 42.5 Å². The summed E-state index contributed by atoms with van der Waals surface area (Å²) in [5, 5.41) is 14.5. The molecule has 0 spiro atoms. The summed E-state index contributed by atoms with van der Waals surface area (Å²) >= 11 is 6.24. The Labute approximate surface area is 262 Å². The number of hydrogen-bond donors (Lipinski definition) is 2. The standard InChI is InChI=1S/C27H33ClN3O.C3H8O3.Y/c28-21-9-12-25-24(19-21)23-13-14-29-26(27(23)30-25)20-7-10-22(11-8-20)32-18-6-2-1-3-15-31-16-4-5-17-31;1-5-2-3-6-4;/h7-12,19,26,30H,1-6,13-18H2;4H,2-3H2,1H3;/q-1;;. The summed E-state index contributed by atoms with van der Waals surface area (Å²) in [6.07, 6.45) is 8.74. The number of fused-ring (bicyclic) bond motifs is 3. The summed E-state index contributed by atoms with van der Waals surface area (Å²) in [5.74, 6) is 0.949. The zero-order valence-electron chi connectivity index (χ0n) is 23.0. The first kappa shape index (κ1) is 32.5. The van der Waals surface area contributed by atoms with Crippen molar-refractivity contribution in [3.63, 3.8) is 0 Å². The van der Waals surface area contributed by atoms with Crippen LogP contribution >= 0.6 is 11.6 Å². The van der Waals surface area contributed by atoms with Gasteiger partial charge < -0.3 is 24.7 Å². The SMILES string of the molecule is COCCOO.Clc1ccc2[nH]c3c(c2c1)CC[N-]C3c1ccc(OCCCCCCN2CCCC2)cc1.[Y]. The fraction of sp³-hybridized carbons (Fsp3) is 0.533. The van der Waals surface area contributed by atoms with Crippen molar-refractivity contribution in [3.05, 3.63) is 69.6 Å². The number of methoxy groups -OCH3 is 1. The summed E-state index contributed by atoms with van der Waals surface area (Å²) in [6, 6.07) is 14.6. The van der Waals surface area contributed by atoms with Gasteiger partial charge in [0, 0.05) is 61.4 Å². The van der Waals surface area contributed by atoms with Gasteiger partial charge in [-0.2, -0.15) is 0 Å². The zero-order valence-corrected chi connectivity index (χ0v) is 26.6. The minimum atomic E-state index is 0. The minimum absolute atomic E-state index is 0. The van der Waals surface area contributed by atoms with Gasteiger partial charge in [-0.1, -0.05) is 48.2 Å². The van der Waals surface area contributed by atoms with E-state index in [0.717, 1.165) is 42.3 Å². The fourth-order valence-corrected chi connectivity index (χ4v) is 5.44. The number of aromatic amines is 1. The molecule has 2 aromatic carbocycles. The Morgan fingerprint density at radius 3 is 2.49 bits per heavy atom. The van der Waals surface area contributed by atoms with E-state index < -0.39 is 0 Å². The number of benzene rings is 2. The van der Waals surface area contributed by atoms with Crippen LogP contribution in [-0.2, 0) is 48.8 Å². The molecule has 9 heteroatoms. The van der Waals surface area contributed by atoms with Crippen LogP contribution in [0.5, 0.6) is 5.75 Å². The Kier molecular flexibility index (Phi) is 14.8. The van der Waals surface area contributed by atoms with Gasteiger partial charge in [0.05, 0.1) is 13.2 Å². The van der Waals surface area contributed by atoms with Gasteiger partial charge in [-0.05, 0) is 87.6 Å². The molecule has 0 bridgehead atoms. The number of nitrogens with one attached hydrogen (secondary N) is 1. The molecule has 1 atom stereocenters. The maximum Gasteiger partial charge on any atom is 0.119 e. The molecule has 211 valence electrons. The second kappa shape index (κ2) is 17.7. The van der Waals surface area contributed by atoms with Crippen LogP contribution in [0.2, 0.25) is 5.02 Å². The first-order chi connectivity index (χ1) is 18.7. The maximum atomic E-state index is 7.62. The van der Waals surface area contributed by atoms with Gasteiger partial charge in [-0.3, -0.25) is 5.26 Å². The van der Waals surface area contributed by atoms with Crippen LogP contribution in [0.25, 0.3) is 16.2 Å². The number of aromatic nitrogens is 1. The number of hydrogen-bond acceptors (Lipinski definition) is 5. The predicted molar refractivity (Wildman–Crippen MR) is 154 cm³/mol. The number of rotatable bonds is 12. The Hall–Kier alpha value is -1.03. The molecule has 0 amide bonds. The van der Waals surface area contributed by atoms with Crippen LogP contribution in [0.3, 0.4) is 0 Å². The number of ether oxygens (including phenoxy) is 2. The summed E-state index contributed by atoms with van der Waals surface area (Å²) in [7, 11) is 1.54. The molecule has 3 heterocycles. The van der Waals surface area contributed by atoms with E-state index >= 15 is 0 Å². The number of likely N-dealkylation sites (tertiary alicyclic amines) is 1. The third-order valence-corrected chi connectivity index (χ3v) is 7.49. The first-order valence-corrected chi connectivity index (χ1v) is 14.2. The van der Waals surface area contributed by atoms with E-state index in [1.54, 1.807) is 7.11 Å². The second-order valence-corrected chi connectivity index (χ2v) is 10.4. The van der Waals surface area contributed by atoms with E-state index in [1.807, 2.05) is 6.07 Å². The topological polar surface area (TPSA) is 81.0 Å². The minimum Gasteiger partial charge on any atom is -0.650 e. The molecule has 2 N–H and O–H groups in total. The molecule has 1 fully saturated rings. The van der Waals surface area contributed by atoms with Crippen molar-refractivity contribution in [1.82, 2.24) is 9.88 Å². The van der Waals surface area contributed by atoms with Gasteiger partial charge in [0.1, 0.15) is 12.4 Å². The van der Waals surface area contributed by atoms with Gasteiger partial charge in [0.15, 0.2) is 0 Å². The summed E-state index contributed by atoms with van der Waals surface area (Å²) in [4.78, 5) is 9.86. The van der Waals surface area contributed by atoms with Crippen LogP contribution in [-0.4, -0.2) is 68.3 Å². The van der Waals surface area contributed by atoms with Gasteiger partial charge >= 0.3 is 0 Å². The van der Waals surface area contributed by atoms with E-state index in [4.69, 9.17) is 26.9 Å². The van der Waals surface area contributed by atoms with Gasteiger partial charge in [0.2, 0.25) is 0 Å². The largest absolute Gasteiger partial charge is 0.650 e. The molecular weight excluding hydrogens is 591 g/mol. The monoisotopic (exact) mass is 631 g/mol. The van der Waals surface area contributed by atoms with E-state index in [9.17, 15) is 0 Å². The van der Waals surface area contributed by atoms with Gasteiger partial charge in [-0.15, -0.1) is 6.54 Å². The summed E-state index contributed by atoms with van der Waals surface area (Å²) < 4.78 is 10.5. The van der Waals surface area contributed by atoms with Crippen LogP contribution in [0.1, 0.15) is 61.4 Å². The van der Waals surface area contributed by atoms with Crippen molar-refractivity contribution in [2.24, 2.45) is 0 Å². The van der Waals surface area contributed by atoms with E-state index in [0.29, 0.717) is 6.61 Å². The van der Waals surface area contributed by atoms with E-state index in [-0.39, 0.29) is 45.4 Å². The third-order valence-electron chi connectivity index (χ3n) is 7.26. The third kappa shape index (κ3) is 9.79. The van der Waals surface area contributed by atoms with Crippen molar-refractivity contribution < 1.29 is 52.3 Å². The first-order valence-electron chi connectivity index (χ1n) is 13.9. The summed E-state index contributed by atoms with van der Waals surface area (Å²) in [6.45, 7) is 6.22. The Morgan fingerprint density at radius 2 is 1.77 bits per heavy atom.